The van der Waals surface area contributed by atoms with Gasteiger partial charge in [0, 0.05) is 7.05 Å². The average Bonchev–Trinajstić information content (AvgIpc) is 2.82. The number of hydrogen-bond acceptors (Lipinski definition) is 4. The van der Waals surface area contributed by atoms with Crippen LogP contribution in [0.5, 0.6) is 0 Å². The highest BCUT2D eigenvalue weighted by atomic mass is 16.3. The van der Waals surface area contributed by atoms with Crippen LogP contribution in [0.15, 0.2) is 6.33 Å². The maximum Gasteiger partial charge on any atom is 0.315 e. The molecule has 7 nitrogen and oxygen atoms in total. The number of nitrogens with zero attached hydrogens (tertiary/aromatic N) is 3. The summed E-state index contributed by atoms with van der Waals surface area (Å²) in [4.78, 5) is 12.4. The van der Waals surface area contributed by atoms with Gasteiger partial charge in [-0.25, -0.2) is 4.79 Å². The number of aliphatic hydroxyl groups is 1. The molecule has 23 heavy (non-hydrogen) atoms. The average molecular weight is 323 g/mol. The lowest BCUT2D eigenvalue weighted by Gasteiger charge is -2.47. The van der Waals surface area contributed by atoms with Gasteiger partial charge < -0.3 is 20.3 Å². The van der Waals surface area contributed by atoms with E-state index < -0.39 is 5.54 Å². The van der Waals surface area contributed by atoms with E-state index in [1.807, 2.05) is 14.0 Å². The van der Waals surface area contributed by atoms with E-state index in [2.05, 4.69) is 41.6 Å². The van der Waals surface area contributed by atoms with Crippen LogP contribution >= 0.6 is 0 Å². The quantitative estimate of drug-likeness (QED) is 0.787. The third-order valence-electron chi connectivity index (χ3n) is 4.62. The standard InChI is InChI=1S/C16H29N5O2/c1-11-6-15(3,4)8-16(7-11,9-22)19-14(23)18-12(2)13-20-17-10-21(13)5/h10-12,22H,6-9H2,1-5H3,(H2,18,19,23)/t11-,12-,16+/m1/s1. The molecule has 3 N–H and O–H groups in total. The molecular formula is C16H29N5O2. The third kappa shape index (κ3) is 4.22. The van der Waals surface area contributed by atoms with Crippen molar-refractivity contribution in [2.45, 2.75) is 58.5 Å². The number of carbonyl (C=O) groups is 1. The van der Waals surface area contributed by atoms with Gasteiger partial charge in [-0.1, -0.05) is 20.8 Å². The first-order valence-electron chi connectivity index (χ1n) is 8.20. The van der Waals surface area contributed by atoms with Crippen molar-refractivity contribution in [3.05, 3.63) is 12.2 Å². The van der Waals surface area contributed by atoms with Crippen molar-refractivity contribution in [1.82, 2.24) is 25.4 Å². The van der Waals surface area contributed by atoms with Crippen LogP contribution < -0.4 is 10.6 Å². The molecular weight excluding hydrogens is 294 g/mol. The van der Waals surface area contributed by atoms with Gasteiger partial charge in [-0.15, -0.1) is 10.2 Å². The van der Waals surface area contributed by atoms with Gasteiger partial charge in [0.25, 0.3) is 0 Å². The minimum Gasteiger partial charge on any atom is -0.394 e. The molecule has 0 aromatic carbocycles. The summed E-state index contributed by atoms with van der Waals surface area (Å²) in [6.07, 6.45) is 4.27. The zero-order valence-electron chi connectivity index (χ0n) is 14.8. The van der Waals surface area contributed by atoms with E-state index >= 15 is 0 Å². The van der Waals surface area contributed by atoms with E-state index in [1.165, 1.54) is 0 Å². The molecule has 1 aromatic rings. The number of aliphatic hydroxyl groups excluding tert-OH is 1. The fourth-order valence-corrected chi connectivity index (χ4v) is 4.22. The SMILES string of the molecule is C[C@@H]1CC(C)(C)C[C@@](CO)(NC(=O)N[C@H](C)c2nncn2C)C1. The summed E-state index contributed by atoms with van der Waals surface area (Å²) in [5, 5.41) is 23.7. The van der Waals surface area contributed by atoms with Crippen molar-refractivity contribution in [2.24, 2.45) is 18.4 Å². The van der Waals surface area contributed by atoms with Gasteiger partial charge in [-0.3, -0.25) is 0 Å². The van der Waals surface area contributed by atoms with Crippen molar-refractivity contribution >= 4 is 6.03 Å². The summed E-state index contributed by atoms with van der Waals surface area (Å²) in [6, 6.07) is -0.535. The Bertz CT molecular complexity index is 556. The van der Waals surface area contributed by atoms with Gasteiger partial charge in [-0.05, 0) is 37.5 Å². The Hall–Kier alpha value is -1.63. The normalized spacial score (nSPS) is 28.2. The predicted octanol–water partition coefficient (Wildman–Crippen LogP) is 1.75. The molecule has 130 valence electrons. The molecule has 2 rings (SSSR count). The largest absolute Gasteiger partial charge is 0.394 e. The maximum absolute atomic E-state index is 12.4. The van der Waals surface area contributed by atoms with Crippen molar-refractivity contribution in [3.8, 4) is 0 Å². The number of carbonyl (C=O) groups excluding carboxylic acids is 1. The summed E-state index contributed by atoms with van der Waals surface area (Å²) >= 11 is 0. The van der Waals surface area contributed by atoms with E-state index in [9.17, 15) is 9.90 Å². The van der Waals surface area contributed by atoms with Crippen LogP contribution in [0.3, 0.4) is 0 Å². The number of urea groups is 1. The second-order valence-corrected chi connectivity index (χ2v) is 7.91. The van der Waals surface area contributed by atoms with Gasteiger partial charge in [0.15, 0.2) is 5.82 Å². The highest BCUT2D eigenvalue weighted by Gasteiger charge is 2.43. The summed E-state index contributed by atoms with van der Waals surface area (Å²) < 4.78 is 1.78. The Morgan fingerprint density at radius 2 is 2.22 bits per heavy atom. The zero-order valence-corrected chi connectivity index (χ0v) is 14.8. The van der Waals surface area contributed by atoms with Crippen molar-refractivity contribution in [2.75, 3.05) is 6.61 Å². The number of nitrogens with one attached hydrogen (secondary N) is 2. The number of aromatic nitrogens is 3. The molecule has 7 heteroatoms. The molecule has 3 atom stereocenters. The van der Waals surface area contributed by atoms with Gasteiger partial charge in [0.1, 0.15) is 6.33 Å². The molecule has 1 aromatic heterocycles. The number of amides is 2. The molecule has 0 aliphatic heterocycles. The number of aryl methyl sites for hydroxylation is 1. The summed E-state index contributed by atoms with van der Waals surface area (Å²) in [5.74, 6) is 1.15. The van der Waals surface area contributed by atoms with Crippen LogP contribution in [0.2, 0.25) is 0 Å². The van der Waals surface area contributed by atoms with Gasteiger partial charge in [-0.2, -0.15) is 0 Å². The first kappa shape index (κ1) is 17.7. The molecule has 2 amide bonds. The summed E-state index contributed by atoms with van der Waals surface area (Å²) in [6.45, 7) is 8.37. The predicted molar refractivity (Wildman–Crippen MR) is 87.7 cm³/mol. The zero-order chi connectivity index (χ0) is 17.3. The van der Waals surface area contributed by atoms with Crippen LogP contribution in [0.25, 0.3) is 0 Å². The molecule has 1 aliphatic carbocycles. The molecule has 0 radical (unpaired) electrons. The van der Waals surface area contributed by atoms with Gasteiger partial charge >= 0.3 is 6.03 Å². The van der Waals surface area contributed by atoms with Crippen LogP contribution in [0, 0.1) is 11.3 Å². The monoisotopic (exact) mass is 323 g/mol. The number of hydrogen-bond donors (Lipinski definition) is 3. The molecule has 0 bridgehead atoms. The van der Waals surface area contributed by atoms with Crippen molar-refractivity contribution in [1.29, 1.82) is 0 Å². The van der Waals surface area contributed by atoms with Crippen molar-refractivity contribution < 1.29 is 9.90 Å². The van der Waals surface area contributed by atoms with E-state index in [-0.39, 0.29) is 24.1 Å². The first-order valence-corrected chi connectivity index (χ1v) is 8.20. The van der Waals surface area contributed by atoms with Crippen LogP contribution in [0.4, 0.5) is 4.79 Å². The van der Waals surface area contributed by atoms with Gasteiger partial charge in [0.05, 0.1) is 18.2 Å². The Kier molecular flexibility index (Phi) is 4.98. The second-order valence-electron chi connectivity index (χ2n) is 7.91. The lowest BCUT2D eigenvalue weighted by molar-refractivity contribution is 0.0430. The minimum absolute atomic E-state index is 0.0491. The minimum atomic E-state index is -0.565. The van der Waals surface area contributed by atoms with E-state index in [0.29, 0.717) is 11.7 Å². The van der Waals surface area contributed by atoms with Crippen LogP contribution in [-0.2, 0) is 7.05 Å². The Balaban J connectivity index is 2.03. The van der Waals surface area contributed by atoms with Crippen LogP contribution in [0.1, 0.15) is 58.8 Å². The first-order chi connectivity index (χ1) is 10.7. The van der Waals surface area contributed by atoms with Gasteiger partial charge in [0.2, 0.25) is 0 Å². The second kappa shape index (κ2) is 6.47. The number of rotatable bonds is 4. The smallest absolute Gasteiger partial charge is 0.315 e. The van der Waals surface area contributed by atoms with E-state index in [1.54, 1.807) is 10.9 Å². The highest BCUT2D eigenvalue weighted by molar-refractivity contribution is 5.75. The molecule has 1 fully saturated rings. The molecule has 0 unspecified atom stereocenters. The molecule has 0 spiro atoms. The van der Waals surface area contributed by atoms with E-state index in [4.69, 9.17) is 0 Å². The summed E-state index contributed by atoms with van der Waals surface area (Å²) in [7, 11) is 1.84. The molecule has 1 heterocycles. The molecule has 1 aliphatic rings. The van der Waals surface area contributed by atoms with Crippen molar-refractivity contribution in [3.63, 3.8) is 0 Å². The topological polar surface area (TPSA) is 92.1 Å². The fraction of sp³-hybridized carbons (Fsp3) is 0.812. The lowest BCUT2D eigenvalue weighted by atomic mass is 9.64. The van der Waals surface area contributed by atoms with E-state index in [0.717, 1.165) is 19.3 Å². The highest BCUT2D eigenvalue weighted by Crippen LogP contribution is 2.43. The summed E-state index contributed by atoms with van der Waals surface area (Å²) in [5.41, 5.74) is -0.465. The fourth-order valence-electron chi connectivity index (χ4n) is 4.22. The molecule has 1 saturated carbocycles. The lowest BCUT2D eigenvalue weighted by Crippen LogP contribution is -2.59. The Labute approximate surface area is 137 Å². The Morgan fingerprint density at radius 1 is 1.52 bits per heavy atom. The van der Waals surface area contributed by atoms with Crippen LogP contribution in [-0.4, -0.2) is 38.0 Å². The maximum atomic E-state index is 12.4. The third-order valence-corrected chi connectivity index (χ3v) is 4.62. The molecule has 0 saturated heterocycles. The Morgan fingerprint density at radius 3 is 2.74 bits per heavy atom.